The highest BCUT2D eigenvalue weighted by atomic mass is 16.3. The van der Waals surface area contributed by atoms with Crippen LogP contribution >= 0.6 is 0 Å². The zero-order valence-electron chi connectivity index (χ0n) is 8.01. The average Bonchev–Trinajstić information content (AvgIpc) is 2.20. The first kappa shape index (κ1) is 9.65. The summed E-state index contributed by atoms with van der Waals surface area (Å²) in [6.07, 6.45) is 6.00. The molecule has 0 spiro atoms. The molecule has 2 rings (SSSR count). The van der Waals surface area contributed by atoms with Gasteiger partial charge in [0.25, 0.3) is 0 Å². The first-order valence-electron chi connectivity index (χ1n) is 4.64. The van der Waals surface area contributed by atoms with Crippen LogP contribution in [0.25, 0.3) is 5.57 Å². The summed E-state index contributed by atoms with van der Waals surface area (Å²) in [6.45, 7) is 0. The Morgan fingerprint density at radius 2 is 1.87 bits per heavy atom. The summed E-state index contributed by atoms with van der Waals surface area (Å²) in [4.78, 5) is 0. The highest BCUT2D eigenvalue weighted by molar-refractivity contribution is 5.81. The minimum Gasteiger partial charge on any atom is -0.511 e. The highest BCUT2D eigenvalue weighted by Gasteiger charge is 2.13. The first-order valence-corrected chi connectivity index (χ1v) is 4.64. The standard InChI is InChI=1S/C12H11O3/c13-8-5-6-10(12(15)7-8)9-3-1-2-4-11(9)14/h1,3-7,13-15H,2H2. The Bertz CT molecular complexity index is 444. The molecule has 15 heavy (non-hydrogen) atoms. The van der Waals surface area contributed by atoms with E-state index in [-0.39, 0.29) is 17.3 Å². The van der Waals surface area contributed by atoms with Crippen molar-refractivity contribution in [1.29, 1.82) is 0 Å². The van der Waals surface area contributed by atoms with Crippen LogP contribution in [0.5, 0.6) is 11.5 Å². The Morgan fingerprint density at radius 3 is 2.53 bits per heavy atom. The fraction of sp³-hybridized carbons (Fsp3) is 0.0833. The van der Waals surface area contributed by atoms with Gasteiger partial charge in [0.05, 0.1) is 0 Å². The largest absolute Gasteiger partial charge is 0.511 e. The predicted molar refractivity (Wildman–Crippen MR) is 57.4 cm³/mol. The highest BCUT2D eigenvalue weighted by Crippen LogP contribution is 2.33. The van der Waals surface area contributed by atoms with E-state index in [4.69, 9.17) is 5.11 Å². The van der Waals surface area contributed by atoms with Crippen molar-refractivity contribution >= 4 is 5.57 Å². The number of aliphatic hydroxyl groups is 1. The van der Waals surface area contributed by atoms with Crippen molar-refractivity contribution in [3.8, 4) is 11.5 Å². The van der Waals surface area contributed by atoms with E-state index in [9.17, 15) is 10.2 Å². The number of hydrogen-bond donors (Lipinski definition) is 3. The summed E-state index contributed by atoms with van der Waals surface area (Å²) in [7, 11) is 0. The number of allylic oxidation sites excluding steroid dienone is 4. The maximum atomic E-state index is 9.62. The van der Waals surface area contributed by atoms with Gasteiger partial charge >= 0.3 is 0 Å². The van der Waals surface area contributed by atoms with E-state index in [1.54, 1.807) is 18.6 Å². The molecule has 0 fully saturated rings. The van der Waals surface area contributed by atoms with Gasteiger partial charge in [-0.05, 0) is 18.6 Å². The predicted octanol–water partition coefficient (Wildman–Crippen LogP) is 2.53. The lowest BCUT2D eigenvalue weighted by atomic mass is 9.97. The Kier molecular flexibility index (Phi) is 2.37. The van der Waals surface area contributed by atoms with Crippen LogP contribution in [0.2, 0.25) is 0 Å². The molecular weight excluding hydrogens is 192 g/mol. The smallest absolute Gasteiger partial charge is 0.127 e. The second-order valence-electron chi connectivity index (χ2n) is 3.34. The van der Waals surface area contributed by atoms with Gasteiger partial charge in [-0.3, -0.25) is 0 Å². The number of hydrogen-bond acceptors (Lipinski definition) is 3. The molecule has 0 saturated heterocycles. The van der Waals surface area contributed by atoms with E-state index in [2.05, 4.69) is 0 Å². The monoisotopic (exact) mass is 203 g/mol. The lowest BCUT2D eigenvalue weighted by Gasteiger charge is -2.12. The van der Waals surface area contributed by atoms with Crippen molar-refractivity contribution in [2.45, 2.75) is 6.42 Å². The molecule has 0 heterocycles. The first-order chi connectivity index (χ1) is 7.18. The Balaban J connectivity index is 2.50. The molecule has 0 atom stereocenters. The second-order valence-corrected chi connectivity index (χ2v) is 3.34. The number of rotatable bonds is 1. The third-order valence-electron chi connectivity index (χ3n) is 2.28. The van der Waals surface area contributed by atoms with Crippen LogP contribution in [0.4, 0.5) is 0 Å². The molecule has 3 N–H and O–H groups in total. The minimum absolute atomic E-state index is 0.000100. The normalized spacial score (nSPS) is 15.7. The van der Waals surface area contributed by atoms with Gasteiger partial charge in [0.1, 0.15) is 17.3 Å². The summed E-state index contributed by atoms with van der Waals surface area (Å²) in [5.41, 5.74) is 1.08. The second kappa shape index (κ2) is 3.69. The molecule has 1 aromatic carbocycles. The van der Waals surface area contributed by atoms with Crippen LogP contribution in [0.3, 0.4) is 0 Å². The van der Waals surface area contributed by atoms with Crippen molar-refractivity contribution in [1.82, 2.24) is 0 Å². The zero-order chi connectivity index (χ0) is 10.8. The van der Waals surface area contributed by atoms with Crippen LogP contribution in [0.1, 0.15) is 12.0 Å². The molecule has 0 aromatic heterocycles. The molecule has 1 aliphatic carbocycles. The third kappa shape index (κ3) is 1.81. The van der Waals surface area contributed by atoms with Crippen molar-refractivity contribution < 1.29 is 15.3 Å². The number of phenolic OH excluding ortho intramolecular Hbond substituents is 2. The van der Waals surface area contributed by atoms with Gasteiger partial charge in [-0.2, -0.15) is 0 Å². The van der Waals surface area contributed by atoms with E-state index >= 15 is 0 Å². The van der Waals surface area contributed by atoms with E-state index in [1.165, 1.54) is 12.1 Å². The van der Waals surface area contributed by atoms with Gasteiger partial charge in [-0.15, -0.1) is 0 Å². The summed E-state index contributed by atoms with van der Waals surface area (Å²) >= 11 is 0. The van der Waals surface area contributed by atoms with Gasteiger partial charge in [0.2, 0.25) is 0 Å². The SMILES string of the molecule is OC1=C(c2ccc(O)cc2O)C=CC[CH]1. The lowest BCUT2D eigenvalue weighted by molar-refractivity contribution is 0.419. The van der Waals surface area contributed by atoms with Gasteiger partial charge < -0.3 is 15.3 Å². The molecule has 3 heteroatoms. The van der Waals surface area contributed by atoms with Gasteiger partial charge in [0.15, 0.2) is 0 Å². The molecule has 0 unspecified atom stereocenters. The molecule has 1 radical (unpaired) electrons. The van der Waals surface area contributed by atoms with Crippen LogP contribution in [0, 0.1) is 6.42 Å². The molecular formula is C12H11O3. The summed E-state index contributed by atoms with van der Waals surface area (Å²) in [5, 5.41) is 28.4. The van der Waals surface area contributed by atoms with Crippen molar-refractivity contribution in [2.24, 2.45) is 0 Å². The number of aromatic hydroxyl groups is 2. The van der Waals surface area contributed by atoms with Crippen LogP contribution in [0.15, 0.2) is 36.1 Å². The summed E-state index contributed by atoms with van der Waals surface area (Å²) in [6, 6.07) is 4.29. The molecule has 0 bridgehead atoms. The summed E-state index contributed by atoms with van der Waals surface area (Å²) < 4.78 is 0. The zero-order valence-corrected chi connectivity index (χ0v) is 8.01. The minimum atomic E-state index is -0.0449. The van der Waals surface area contributed by atoms with Crippen LogP contribution in [-0.2, 0) is 0 Å². The van der Waals surface area contributed by atoms with Gasteiger partial charge in [-0.25, -0.2) is 0 Å². The average molecular weight is 203 g/mol. The maximum absolute atomic E-state index is 9.62. The van der Waals surface area contributed by atoms with Crippen molar-refractivity contribution in [3.05, 3.63) is 48.1 Å². The fourth-order valence-corrected chi connectivity index (χ4v) is 1.54. The maximum Gasteiger partial charge on any atom is 0.127 e. The van der Waals surface area contributed by atoms with E-state index in [1.807, 2.05) is 6.08 Å². The number of benzene rings is 1. The van der Waals surface area contributed by atoms with Crippen molar-refractivity contribution in [2.75, 3.05) is 0 Å². The van der Waals surface area contributed by atoms with E-state index in [0.717, 1.165) is 0 Å². The summed E-state index contributed by atoms with van der Waals surface area (Å²) in [5.74, 6) is 0.107. The van der Waals surface area contributed by atoms with Crippen molar-refractivity contribution in [3.63, 3.8) is 0 Å². The fourth-order valence-electron chi connectivity index (χ4n) is 1.54. The molecule has 0 amide bonds. The molecule has 1 aliphatic rings. The molecule has 1 aromatic rings. The topological polar surface area (TPSA) is 60.7 Å². The van der Waals surface area contributed by atoms with E-state index < -0.39 is 0 Å². The van der Waals surface area contributed by atoms with Gasteiger partial charge in [0, 0.05) is 23.6 Å². The molecule has 0 aliphatic heterocycles. The quantitative estimate of drug-likeness (QED) is 0.657. The Labute approximate surface area is 87.6 Å². The van der Waals surface area contributed by atoms with E-state index in [0.29, 0.717) is 17.6 Å². The molecule has 77 valence electrons. The van der Waals surface area contributed by atoms with Crippen LogP contribution < -0.4 is 0 Å². The third-order valence-corrected chi connectivity index (χ3v) is 2.28. The number of aliphatic hydroxyl groups excluding tert-OH is 1. The lowest BCUT2D eigenvalue weighted by Crippen LogP contribution is -1.94. The Hall–Kier alpha value is -1.90. The van der Waals surface area contributed by atoms with Crippen LogP contribution in [-0.4, -0.2) is 15.3 Å². The Morgan fingerprint density at radius 1 is 1.07 bits per heavy atom. The molecule has 3 nitrogen and oxygen atoms in total. The van der Waals surface area contributed by atoms with Gasteiger partial charge in [-0.1, -0.05) is 12.2 Å². The number of phenols is 2. The molecule has 0 saturated carbocycles.